The number of fused-ring (bicyclic) bond motifs is 3. The zero-order chi connectivity index (χ0) is 25.3. The van der Waals surface area contributed by atoms with Crippen molar-refractivity contribution < 1.29 is 29.6 Å². The number of nitrogens with zero attached hydrogens (tertiary/aromatic N) is 1. The summed E-state index contributed by atoms with van der Waals surface area (Å²) in [6, 6.07) is -0.963. The summed E-state index contributed by atoms with van der Waals surface area (Å²) in [5, 5.41) is 35.0. The van der Waals surface area contributed by atoms with Gasteiger partial charge in [0, 0.05) is 19.1 Å². The van der Waals surface area contributed by atoms with Gasteiger partial charge in [-0.2, -0.15) is 0 Å². The number of hydrogen-bond acceptors (Lipinski definition) is 8. The summed E-state index contributed by atoms with van der Waals surface area (Å²) in [7, 11) is 1.98. The number of thioether (sulfide) groups is 1. The highest BCUT2D eigenvalue weighted by atomic mass is 32.2. The summed E-state index contributed by atoms with van der Waals surface area (Å²) >= 11 is 1.42. The highest BCUT2D eigenvalue weighted by Crippen LogP contribution is 2.37. The summed E-state index contributed by atoms with van der Waals surface area (Å²) in [6.45, 7) is 8.00. The van der Waals surface area contributed by atoms with Gasteiger partial charge < -0.3 is 30.1 Å². The Morgan fingerprint density at radius 2 is 1.97 bits per heavy atom. The second-order valence-corrected chi connectivity index (χ2v) is 12.6. The Morgan fingerprint density at radius 1 is 1.20 bits per heavy atom. The first-order valence-electron chi connectivity index (χ1n) is 13.3. The Hall–Kier alpha value is -0.680. The first kappa shape index (κ1) is 27.4. The van der Waals surface area contributed by atoms with E-state index in [2.05, 4.69) is 30.1 Å². The van der Waals surface area contributed by atoms with Gasteiger partial charge in [0.25, 0.3) is 0 Å². The summed E-state index contributed by atoms with van der Waals surface area (Å²) in [6.07, 6.45) is 3.41. The molecule has 200 valence electrons. The monoisotopic (exact) mass is 512 g/mol. The van der Waals surface area contributed by atoms with Crippen molar-refractivity contribution in [1.29, 1.82) is 0 Å². The van der Waals surface area contributed by atoms with Crippen LogP contribution in [0.2, 0.25) is 0 Å². The fourth-order valence-electron chi connectivity index (χ4n) is 6.43. The van der Waals surface area contributed by atoms with E-state index < -0.39 is 41.9 Å². The van der Waals surface area contributed by atoms with Crippen molar-refractivity contribution in [3.05, 3.63) is 12.2 Å². The average Bonchev–Trinajstić information content (AvgIpc) is 2.98. The molecule has 0 saturated carbocycles. The highest BCUT2D eigenvalue weighted by Gasteiger charge is 2.51. The zero-order valence-electron chi connectivity index (χ0n) is 21.5. The summed E-state index contributed by atoms with van der Waals surface area (Å²) in [5.74, 6) is 2.06. The van der Waals surface area contributed by atoms with Crippen LogP contribution in [0.15, 0.2) is 12.2 Å². The third kappa shape index (κ3) is 6.08. The number of rotatable bonds is 4. The van der Waals surface area contributed by atoms with Crippen molar-refractivity contribution in [1.82, 2.24) is 10.2 Å². The molecule has 0 radical (unpaired) electrons. The topological polar surface area (TPSA) is 111 Å². The predicted octanol–water partition coefficient (Wildman–Crippen LogP) is 1.38. The molecule has 8 nitrogen and oxygen atoms in total. The molecule has 0 aliphatic carbocycles. The first-order valence-corrected chi connectivity index (χ1v) is 14.3. The van der Waals surface area contributed by atoms with Gasteiger partial charge >= 0.3 is 0 Å². The maximum absolute atomic E-state index is 13.8. The number of nitrogens with one attached hydrogen (secondary N) is 1. The first-order chi connectivity index (χ1) is 16.7. The van der Waals surface area contributed by atoms with Crippen LogP contribution in [0.5, 0.6) is 0 Å². The molecule has 4 heterocycles. The molecular formula is C26H44N2O6S. The van der Waals surface area contributed by atoms with E-state index in [0.717, 1.165) is 31.6 Å². The molecule has 2 bridgehead atoms. The van der Waals surface area contributed by atoms with Gasteiger partial charge in [-0.1, -0.05) is 32.9 Å². The molecule has 4 aliphatic heterocycles. The number of carbonyl (C=O) groups excluding carboxylic acids is 1. The number of ether oxygens (including phenoxy) is 2. The smallest absolute Gasteiger partial charge is 0.240 e. The summed E-state index contributed by atoms with van der Waals surface area (Å²) in [4.78, 5) is 15.8. The predicted molar refractivity (Wildman–Crippen MR) is 136 cm³/mol. The van der Waals surface area contributed by atoms with E-state index >= 15 is 0 Å². The van der Waals surface area contributed by atoms with Crippen molar-refractivity contribution in [3.8, 4) is 0 Å². The molecule has 0 aromatic rings. The lowest BCUT2D eigenvalue weighted by atomic mass is 9.85. The van der Waals surface area contributed by atoms with E-state index in [1.165, 1.54) is 18.2 Å². The number of aliphatic hydroxyl groups excluding tert-OH is 3. The standard InChI is InChI=1S/C26H44N2O6S/c1-14(2)11-16-8-9-33-23-17(12-16)13-28(4)19(23)25(32)27-18-15(3)7-5-6-10-35-26-22(31)20(29)21(30)24(18)34-26/h5,7,14-24,26,29-31H,6,8-13H2,1-4H3,(H,27,32)/t15-,16+,17+,18-,19+,20+,21-,22-,23-,24-,26-/m1/s1. The maximum Gasteiger partial charge on any atom is 0.240 e. The average molecular weight is 513 g/mol. The van der Waals surface area contributed by atoms with Crippen molar-refractivity contribution in [3.63, 3.8) is 0 Å². The minimum Gasteiger partial charge on any atom is -0.388 e. The van der Waals surface area contributed by atoms with E-state index in [9.17, 15) is 20.1 Å². The van der Waals surface area contributed by atoms with E-state index in [1.807, 2.05) is 20.0 Å². The van der Waals surface area contributed by atoms with Crippen LogP contribution >= 0.6 is 11.8 Å². The van der Waals surface area contributed by atoms with Crippen LogP contribution in [0, 0.1) is 23.7 Å². The van der Waals surface area contributed by atoms with Crippen LogP contribution in [0.25, 0.3) is 0 Å². The fourth-order valence-corrected chi connectivity index (χ4v) is 7.50. The van der Waals surface area contributed by atoms with Crippen LogP contribution in [0.1, 0.15) is 46.5 Å². The summed E-state index contributed by atoms with van der Waals surface area (Å²) < 4.78 is 12.4. The Balaban J connectivity index is 1.52. The molecule has 9 heteroatoms. The number of amides is 1. The van der Waals surface area contributed by atoms with Crippen LogP contribution < -0.4 is 5.32 Å². The molecule has 3 saturated heterocycles. The lowest BCUT2D eigenvalue weighted by molar-refractivity contribution is -0.207. The minimum absolute atomic E-state index is 0.127. The molecule has 3 fully saturated rings. The Labute approximate surface area is 213 Å². The molecule has 0 aromatic carbocycles. The van der Waals surface area contributed by atoms with Crippen molar-refractivity contribution in [2.45, 2.75) is 94.5 Å². The number of likely N-dealkylation sites (tertiary alicyclic amines) is 1. The Morgan fingerprint density at radius 3 is 2.71 bits per heavy atom. The maximum atomic E-state index is 13.8. The molecule has 4 N–H and O–H groups in total. The molecule has 0 aromatic heterocycles. The summed E-state index contributed by atoms with van der Waals surface area (Å²) in [5.41, 5.74) is -0.655. The number of likely N-dealkylation sites (N-methyl/N-ethyl adjacent to an activating group) is 1. The van der Waals surface area contributed by atoms with E-state index in [1.54, 1.807) is 0 Å². The third-order valence-electron chi connectivity index (χ3n) is 8.16. The molecule has 1 amide bonds. The number of carbonyl (C=O) groups is 1. The molecule has 11 atom stereocenters. The van der Waals surface area contributed by atoms with Gasteiger partial charge in [-0.15, -0.1) is 11.8 Å². The number of hydrogen-bond donors (Lipinski definition) is 4. The molecule has 35 heavy (non-hydrogen) atoms. The van der Waals surface area contributed by atoms with E-state index in [0.29, 0.717) is 24.4 Å². The van der Waals surface area contributed by atoms with Crippen LogP contribution in [0.3, 0.4) is 0 Å². The Kier molecular flexibility index (Phi) is 9.22. The van der Waals surface area contributed by atoms with Crippen molar-refractivity contribution in [2.24, 2.45) is 23.7 Å². The van der Waals surface area contributed by atoms with Crippen LogP contribution in [-0.2, 0) is 14.3 Å². The lowest BCUT2D eigenvalue weighted by Gasteiger charge is -2.45. The largest absolute Gasteiger partial charge is 0.388 e. The van der Waals surface area contributed by atoms with Crippen LogP contribution in [-0.4, -0.2) is 100 Å². The van der Waals surface area contributed by atoms with Gasteiger partial charge in [-0.05, 0) is 56.2 Å². The van der Waals surface area contributed by atoms with Gasteiger partial charge in [-0.3, -0.25) is 9.69 Å². The molecule has 0 unspecified atom stereocenters. The highest BCUT2D eigenvalue weighted by molar-refractivity contribution is 7.99. The normalized spacial score (nSPS) is 45.1. The van der Waals surface area contributed by atoms with Crippen molar-refractivity contribution in [2.75, 3.05) is 26.0 Å². The van der Waals surface area contributed by atoms with Gasteiger partial charge in [-0.25, -0.2) is 0 Å². The fraction of sp³-hybridized carbons (Fsp3) is 0.885. The van der Waals surface area contributed by atoms with Gasteiger partial charge in [0.05, 0.1) is 12.1 Å². The van der Waals surface area contributed by atoms with Gasteiger partial charge in [0.1, 0.15) is 35.9 Å². The minimum atomic E-state index is -1.33. The van der Waals surface area contributed by atoms with Crippen LogP contribution in [0.4, 0.5) is 0 Å². The Bertz CT molecular complexity index is 753. The second kappa shape index (κ2) is 11.8. The second-order valence-electron chi connectivity index (χ2n) is 11.4. The number of aliphatic hydroxyl groups is 3. The van der Waals surface area contributed by atoms with E-state index in [4.69, 9.17) is 9.47 Å². The van der Waals surface area contributed by atoms with Crippen molar-refractivity contribution >= 4 is 17.7 Å². The molecule has 4 rings (SSSR count). The van der Waals surface area contributed by atoms with Gasteiger partial charge in [0.15, 0.2) is 0 Å². The lowest BCUT2D eigenvalue weighted by Crippen LogP contribution is -2.65. The zero-order valence-corrected chi connectivity index (χ0v) is 22.3. The quantitative estimate of drug-likeness (QED) is 0.418. The molecule has 0 spiro atoms. The van der Waals surface area contributed by atoms with Gasteiger partial charge in [0.2, 0.25) is 5.91 Å². The molecule has 4 aliphatic rings. The number of allylic oxidation sites excluding steroid dienone is 1. The van der Waals surface area contributed by atoms with E-state index in [-0.39, 0.29) is 17.9 Å². The SMILES string of the molecule is CC(C)C[C@@H]1CCO[C@@H]2[C@@H](C1)CN(C)[C@@H]2C(=O)N[C@H]1[C@H]2O[C@H](SCCC=C[C@H]1C)[C@H](O)[C@@H](O)[C@H]2O. The third-order valence-corrected chi connectivity index (χ3v) is 9.35. The molecular weight excluding hydrogens is 468 g/mol.